The summed E-state index contributed by atoms with van der Waals surface area (Å²) in [5, 5.41) is 11.2. The Labute approximate surface area is 144 Å². The van der Waals surface area contributed by atoms with Crippen LogP contribution in [-0.4, -0.2) is 40.3 Å². The van der Waals surface area contributed by atoms with Gasteiger partial charge in [-0.2, -0.15) is 5.10 Å². The van der Waals surface area contributed by atoms with Crippen molar-refractivity contribution in [3.8, 4) is 22.8 Å². The predicted molar refractivity (Wildman–Crippen MR) is 92.5 cm³/mol. The van der Waals surface area contributed by atoms with E-state index in [1.54, 1.807) is 12.4 Å². The molecule has 1 aliphatic heterocycles. The van der Waals surface area contributed by atoms with Crippen LogP contribution in [0.25, 0.3) is 22.2 Å². The lowest BCUT2D eigenvalue weighted by Gasteiger charge is -2.15. The molecule has 0 saturated carbocycles. The lowest BCUT2D eigenvalue weighted by Crippen LogP contribution is -2.31. The van der Waals surface area contributed by atoms with E-state index < -0.39 is 0 Å². The number of nitrogens with zero attached hydrogens (tertiary/aromatic N) is 2. The van der Waals surface area contributed by atoms with Crippen molar-refractivity contribution >= 4 is 16.8 Å². The summed E-state index contributed by atoms with van der Waals surface area (Å²) in [6, 6.07) is 7.65. The van der Waals surface area contributed by atoms with Crippen molar-refractivity contribution < 1.29 is 14.3 Å². The molecule has 2 aromatic heterocycles. The number of aromatic nitrogens is 3. The number of amides is 1. The molecule has 7 heteroatoms. The number of ether oxygens (including phenoxy) is 2. The second kappa shape index (κ2) is 6.43. The van der Waals surface area contributed by atoms with Gasteiger partial charge in [0.2, 0.25) is 0 Å². The normalized spacial score (nSPS) is 18.0. The first-order valence-corrected chi connectivity index (χ1v) is 8.19. The van der Waals surface area contributed by atoms with Gasteiger partial charge in [-0.05, 0) is 31.2 Å². The van der Waals surface area contributed by atoms with Crippen molar-refractivity contribution in [2.45, 2.75) is 19.4 Å². The average molecular weight is 338 g/mol. The van der Waals surface area contributed by atoms with Gasteiger partial charge in [-0.1, -0.05) is 0 Å². The van der Waals surface area contributed by atoms with Crippen molar-refractivity contribution in [2.75, 3.05) is 13.2 Å². The summed E-state index contributed by atoms with van der Waals surface area (Å²) in [6.07, 6.45) is 3.98. The number of aromatic amines is 1. The molecule has 128 valence electrons. The highest BCUT2D eigenvalue weighted by molar-refractivity contribution is 5.93. The van der Waals surface area contributed by atoms with Gasteiger partial charge in [-0.15, -0.1) is 0 Å². The van der Waals surface area contributed by atoms with E-state index in [4.69, 9.17) is 9.47 Å². The molecule has 0 saturated heterocycles. The molecule has 1 amide bonds. The molecule has 2 N–H and O–H groups in total. The van der Waals surface area contributed by atoms with Crippen molar-refractivity contribution in [1.29, 1.82) is 0 Å². The Morgan fingerprint density at radius 1 is 1.20 bits per heavy atom. The summed E-state index contributed by atoms with van der Waals surface area (Å²) in [5.41, 5.74) is 2.50. The van der Waals surface area contributed by atoms with Gasteiger partial charge in [0, 0.05) is 30.1 Å². The third-order valence-electron chi connectivity index (χ3n) is 4.10. The Balaban J connectivity index is 1.79. The molecule has 0 aliphatic carbocycles. The fourth-order valence-corrected chi connectivity index (χ4v) is 2.82. The second-order valence-electron chi connectivity index (χ2n) is 6.04. The highest BCUT2D eigenvalue weighted by atomic mass is 16.5. The third kappa shape index (κ3) is 3.26. The fraction of sp³-hybridized carbons (Fsp3) is 0.278. The molecule has 4 bridgehead atoms. The monoisotopic (exact) mass is 338 g/mol. The zero-order chi connectivity index (χ0) is 17.2. The Morgan fingerprint density at radius 3 is 3.04 bits per heavy atom. The van der Waals surface area contributed by atoms with Crippen molar-refractivity contribution in [3.05, 3.63) is 36.7 Å². The van der Waals surface area contributed by atoms with E-state index in [0.717, 1.165) is 27.9 Å². The number of hydrogen-bond donors (Lipinski definition) is 2. The summed E-state index contributed by atoms with van der Waals surface area (Å²) in [6.45, 7) is 2.46. The van der Waals surface area contributed by atoms with E-state index in [9.17, 15) is 4.79 Å². The highest BCUT2D eigenvalue weighted by Crippen LogP contribution is 2.31. The molecule has 1 aromatic carbocycles. The van der Waals surface area contributed by atoms with Gasteiger partial charge in [-0.3, -0.25) is 14.9 Å². The summed E-state index contributed by atoms with van der Waals surface area (Å²) in [5.74, 6) is 1.12. The molecule has 3 aromatic rings. The number of carbonyl (C=O) groups is 1. The second-order valence-corrected chi connectivity index (χ2v) is 6.04. The summed E-state index contributed by atoms with van der Waals surface area (Å²) < 4.78 is 11.5. The zero-order valence-electron chi connectivity index (χ0n) is 13.8. The van der Waals surface area contributed by atoms with Gasteiger partial charge < -0.3 is 14.8 Å². The third-order valence-corrected chi connectivity index (χ3v) is 4.10. The number of benzene rings is 1. The molecule has 1 aliphatic rings. The largest absolute Gasteiger partial charge is 0.491 e. The van der Waals surface area contributed by atoms with E-state index in [0.29, 0.717) is 18.7 Å². The van der Waals surface area contributed by atoms with Crippen LogP contribution in [0.2, 0.25) is 0 Å². The fourth-order valence-electron chi connectivity index (χ4n) is 2.82. The molecule has 0 radical (unpaired) electrons. The number of carbonyl (C=O) groups excluding carboxylic acids is 1. The van der Waals surface area contributed by atoms with Crippen LogP contribution in [0, 0.1) is 0 Å². The maximum absolute atomic E-state index is 11.9. The smallest absolute Gasteiger partial charge is 0.257 e. The predicted octanol–water partition coefficient (Wildman–Crippen LogP) is 2.29. The van der Waals surface area contributed by atoms with Gasteiger partial charge in [0.15, 0.2) is 6.61 Å². The highest BCUT2D eigenvalue weighted by Gasteiger charge is 2.13. The summed E-state index contributed by atoms with van der Waals surface area (Å²) in [7, 11) is 0. The molecule has 1 atom stereocenters. The maximum Gasteiger partial charge on any atom is 0.257 e. The van der Waals surface area contributed by atoms with Crippen LogP contribution in [0.4, 0.5) is 0 Å². The molecule has 4 rings (SSSR count). The number of pyridine rings is 1. The zero-order valence-corrected chi connectivity index (χ0v) is 13.8. The summed E-state index contributed by atoms with van der Waals surface area (Å²) in [4.78, 5) is 16.1. The lowest BCUT2D eigenvalue weighted by atomic mass is 10.1. The number of fused-ring (bicyclic) bond motifs is 4. The molecular weight excluding hydrogens is 320 g/mol. The molecule has 7 nitrogen and oxygen atoms in total. The van der Waals surface area contributed by atoms with E-state index in [-0.39, 0.29) is 18.6 Å². The van der Waals surface area contributed by atoms with Gasteiger partial charge in [0.1, 0.15) is 17.2 Å². The quantitative estimate of drug-likeness (QED) is 0.656. The Kier molecular flexibility index (Phi) is 3.97. The maximum atomic E-state index is 11.9. The lowest BCUT2D eigenvalue weighted by molar-refractivity contribution is -0.123. The van der Waals surface area contributed by atoms with E-state index >= 15 is 0 Å². The summed E-state index contributed by atoms with van der Waals surface area (Å²) >= 11 is 0. The van der Waals surface area contributed by atoms with E-state index in [2.05, 4.69) is 20.5 Å². The minimum absolute atomic E-state index is 0.0261. The standard InChI is InChI=1S/C18H18N4O3/c1-11-4-5-20-17(23)10-24-14-6-12(8-19-9-14)18-15-7-13(25-11)2-3-16(15)21-22-18/h2-3,6-9,11H,4-5,10H2,1H3,(H,20,23)(H,21,22)/t11-/m1/s1. The van der Waals surface area contributed by atoms with Crippen LogP contribution >= 0.6 is 0 Å². The van der Waals surface area contributed by atoms with Gasteiger partial charge in [0.25, 0.3) is 5.91 Å². The SMILES string of the molecule is C[C@@H]1CCNC(=O)COc2cncc(c2)-c2n[nH]c3ccc(cc23)O1. The minimum Gasteiger partial charge on any atom is -0.491 e. The first kappa shape index (κ1) is 15.4. The Hall–Kier alpha value is -3.09. The van der Waals surface area contributed by atoms with Gasteiger partial charge in [0.05, 0.1) is 17.8 Å². The van der Waals surface area contributed by atoms with Crippen LogP contribution in [0.1, 0.15) is 13.3 Å². The first-order chi connectivity index (χ1) is 12.2. The number of hydrogen-bond acceptors (Lipinski definition) is 5. The number of H-pyrrole nitrogens is 1. The van der Waals surface area contributed by atoms with Crippen LogP contribution in [-0.2, 0) is 4.79 Å². The number of nitrogens with one attached hydrogen (secondary N) is 2. The number of rotatable bonds is 0. The molecule has 0 spiro atoms. The van der Waals surface area contributed by atoms with Crippen molar-refractivity contribution in [2.24, 2.45) is 0 Å². The minimum atomic E-state index is -0.171. The molecule has 25 heavy (non-hydrogen) atoms. The van der Waals surface area contributed by atoms with E-state index in [1.807, 2.05) is 31.2 Å². The van der Waals surface area contributed by atoms with Gasteiger partial charge >= 0.3 is 0 Å². The molecule has 0 fully saturated rings. The Bertz CT molecular complexity index is 922. The topological polar surface area (TPSA) is 89.1 Å². The van der Waals surface area contributed by atoms with Crippen molar-refractivity contribution in [3.63, 3.8) is 0 Å². The molecule has 0 unspecified atom stereocenters. The Morgan fingerprint density at radius 2 is 2.12 bits per heavy atom. The first-order valence-electron chi connectivity index (χ1n) is 8.19. The van der Waals surface area contributed by atoms with Crippen LogP contribution in [0.5, 0.6) is 11.5 Å². The van der Waals surface area contributed by atoms with Crippen LogP contribution in [0.3, 0.4) is 0 Å². The average Bonchev–Trinajstić information content (AvgIpc) is 3.03. The van der Waals surface area contributed by atoms with Crippen molar-refractivity contribution in [1.82, 2.24) is 20.5 Å². The molecule has 3 heterocycles. The van der Waals surface area contributed by atoms with Crippen LogP contribution in [0.15, 0.2) is 36.7 Å². The van der Waals surface area contributed by atoms with Gasteiger partial charge in [-0.25, -0.2) is 0 Å². The van der Waals surface area contributed by atoms with E-state index in [1.165, 1.54) is 0 Å². The molecular formula is C18H18N4O3. The van der Waals surface area contributed by atoms with Crippen LogP contribution < -0.4 is 14.8 Å².